The Morgan fingerprint density at radius 2 is 2.06 bits per heavy atom. The summed E-state index contributed by atoms with van der Waals surface area (Å²) in [5.41, 5.74) is 10.6. The van der Waals surface area contributed by atoms with E-state index in [0.717, 1.165) is 5.69 Å². The van der Waals surface area contributed by atoms with Gasteiger partial charge in [-0.1, -0.05) is 0 Å². The van der Waals surface area contributed by atoms with Crippen LogP contribution in [0.5, 0.6) is 0 Å². The summed E-state index contributed by atoms with van der Waals surface area (Å²) in [5.74, 6) is -0.348. The lowest BCUT2D eigenvalue weighted by atomic mass is 10.0. The number of amides is 1. The highest BCUT2D eigenvalue weighted by atomic mass is 16.3. The van der Waals surface area contributed by atoms with Crippen LogP contribution in [0.3, 0.4) is 0 Å². The van der Waals surface area contributed by atoms with Crippen LogP contribution >= 0.6 is 0 Å². The monoisotopic (exact) mass is 432 g/mol. The smallest absolute Gasteiger partial charge is 0.276 e. The van der Waals surface area contributed by atoms with Gasteiger partial charge in [-0.15, -0.1) is 0 Å². The lowest BCUT2D eigenvalue weighted by molar-refractivity contribution is 0.102. The van der Waals surface area contributed by atoms with Crippen LogP contribution in [0.2, 0.25) is 0 Å². The molecule has 164 valence electrons. The van der Waals surface area contributed by atoms with Crippen molar-refractivity contribution in [2.24, 2.45) is 0 Å². The van der Waals surface area contributed by atoms with Gasteiger partial charge in [0.2, 0.25) is 0 Å². The summed E-state index contributed by atoms with van der Waals surface area (Å²) in [7, 11) is 1.75. The summed E-state index contributed by atoms with van der Waals surface area (Å²) in [5, 5.41) is 16.6. The van der Waals surface area contributed by atoms with Crippen molar-refractivity contribution in [2.45, 2.75) is 18.6 Å². The molecule has 10 heteroatoms. The van der Waals surface area contributed by atoms with E-state index < -0.39 is 6.10 Å². The fourth-order valence-electron chi connectivity index (χ4n) is 4.09. The number of hydrogen-bond donors (Lipinski definition) is 5. The van der Waals surface area contributed by atoms with Crippen LogP contribution in [-0.2, 0) is 0 Å². The third kappa shape index (κ3) is 3.70. The van der Waals surface area contributed by atoms with Crippen molar-refractivity contribution in [3.05, 3.63) is 54.6 Å². The number of nitrogens with one attached hydrogen (secondary N) is 4. The fourth-order valence-corrected chi connectivity index (χ4v) is 4.09. The molecule has 2 atom stereocenters. The van der Waals surface area contributed by atoms with E-state index in [2.05, 4.69) is 41.3 Å². The molecule has 2 aliphatic rings. The Morgan fingerprint density at radius 1 is 1.16 bits per heavy atom. The summed E-state index contributed by atoms with van der Waals surface area (Å²) < 4.78 is 0. The molecular formula is C22H24N8O2. The molecule has 1 fully saturated rings. The fraction of sp³-hybridized carbons (Fsp3) is 0.273. The van der Waals surface area contributed by atoms with Gasteiger partial charge < -0.3 is 26.1 Å². The average molecular weight is 432 g/mol. The molecule has 1 saturated heterocycles. The maximum absolute atomic E-state index is 13.3. The van der Waals surface area contributed by atoms with Crippen molar-refractivity contribution in [1.82, 2.24) is 20.4 Å². The molecule has 0 radical (unpaired) electrons. The van der Waals surface area contributed by atoms with Gasteiger partial charge in [0.1, 0.15) is 5.69 Å². The number of hydrogen-bond acceptors (Lipinski definition) is 9. The van der Waals surface area contributed by atoms with Crippen molar-refractivity contribution < 1.29 is 9.90 Å². The third-order valence-corrected chi connectivity index (χ3v) is 5.79. The number of hydrazine groups is 1. The van der Waals surface area contributed by atoms with Crippen LogP contribution < -0.4 is 26.4 Å². The van der Waals surface area contributed by atoms with Gasteiger partial charge in [0, 0.05) is 32.5 Å². The molecule has 0 saturated carbocycles. The zero-order valence-electron chi connectivity index (χ0n) is 17.5. The van der Waals surface area contributed by atoms with Crippen LogP contribution in [0.1, 0.15) is 16.9 Å². The summed E-state index contributed by atoms with van der Waals surface area (Å²) >= 11 is 0. The molecule has 0 spiro atoms. The molecule has 32 heavy (non-hydrogen) atoms. The first-order valence-corrected chi connectivity index (χ1v) is 10.5. The molecule has 0 aliphatic carbocycles. The SMILES string of the molecule is CNc1ccc2nc1C(=O)Nc1cnccc1N1CCC(O)C(C1)NNc1cccnc1-2. The van der Waals surface area contributed by atoms with E-state index in [1.807, 2.05) is 24.3 Å². The third-order valence-electron chi connectivity index (χ3n) is 5.79. The Balaban J connectivity index is 1.65. The molecule has 10 nitrogen and oxygen atoms in total. The number of carbonyl (C=O) groups is 1. The number of carbonyl (C=O) groups excluding carboxylic acids is 1. The van der Waals surface area contributed by atoms with Gasteiger partial charge in [-0.2, -0.15) is 0 Å². The molecule has 2 aliphatic heterocycles. The Labute approximate surface area is 185 Å². The van der Waals surface area contributed by atoms with Crippen LogP contribution in [0.15, 0.2) is 48.9 Å². The molecule has 0 aromatic carbocycles. The van der Waals surface area contributed by atoms with Gasteiger partial charge in [0.05, 0.1) is 46.8 Å². The van der Waals surface area contributed by atoms with E-state index in [1.165, 1.54) is 0 Å². The quantitative estimate of drug-likeness (QED) is 0.390. The average Bonchev–Trinajstić information content (AvgIpc) is 2.83. The number of nitrogens with zero attached hydrogens (tertiary/aromatic N) is 4. The normalized spacial score (nSPS) is 20.2. The molecule has 5 N–H and O–H groups in total. The number of pyridine rings is 3. The molecule has 1 amide bonds. The first-order valence-electron chi connectivity index (χ1n) is 10.5. The highest BCUT2D eigenvalue weighted by Crippen LogP contribution is 2.31. The Kier molecular flexibility index (Phi) is 5.29. The summed E-state index contributed by atoms with van der Waals surface area (Å²) in [6, 6.07) is 8.94. The van der Waals surface area contributed by atoms with Crippen LogP contribution in [-0.4, -0.2) is 58.2 Å². The number of aliphatic hydroxyl groups excluding tert-OH is 1. The summed E-state index contributed by atoms with van der Waals surface area (Å²) in [4.78, 5) is 28.7. The van der Waals surface area contributed by atoms with Crippen molar-refractivity contribution in [3.8, 4) is 11.4 Å². The van der Waals surface area contributed by atoms with Gasteiger partial charge in [-0.3, -0.25) is 14.8 Å². The first kappa shape index (κ1) is 20.2. The van der Waals surface area contributed by atoms with Crippen LogP contribution in [0.4, 0.5) is 22.7 Å². The predicted octanol–water partition coefficient (Wildman–Crippen LogP) is 1.70. The van der Waals surface area contributed by atoms with Crippen molar-refractivity contribution >= 4 is 28.7 Å². The van der Waals surface area contributed by atoms with E-state index in [0.29, 0.717) is 48.0 Å². The van der Waals surface area contributed by atoms with Gasteiger partial charge in [0.15, 0.2) is 5.69 Å². The minimum Gasteiger partial charge on any atom is -0.391 e. The highest BCUT2D eigenvalue weighted by molar-refractivity contribution is 6.08. The predicted molar refractivity (Wildman–Crippen MR) is 123 cm³/mol. The van der Waals surface area contributed by atoms with E-state index >= 15 is 0 Å². The van der Waals surface area contributed by atoms with E-state index in [4.69, 9.17) is 0 Å². The maximum atomic E-state index is 13.3. The van der Waals surface area contributed by atoms with Gasteiger partial charge in [-0.05, 0) is 36.8 Å². The molecule has 3 aromatic heterocycles. The van der Waals surface area contributed by atoms with Gasteiger partial charge in [0.25, 0.3) is 5.91 Å². The summed E-state index contributed by atoms with van der Waals surface area (Å²) in [6.07, 6.45) is 5.06. The highest BCUT2D eigenvalue weighted by Gasteiger charge is 2.30. The topological polar surface area (TPSA) is 127 Å². The van der Waals surface area contributed by atoms with Crippen molar-refractivity contribution in [3.63, 3.8) is 0 Å². The van der Waals surface area contributed by atoms with Crippen LogP contribution in [0, 0.1) is 0 Å². The number of piperidine rings is 1. The molecule has 4 bridgehead atoms. The second-order valence-electron chi connectivity index (χ2n) is 7.77. The first-order chi connectivity index (χ1) is 15.6. The number of rotatable bonds is 1. The second-order valence-corrected chi connectivity index (χ2v) is 7.77. The zero-order chi connectivity index (χ0) is 22.1. The van der Waals surface area contributed by atoms with Crippen LogP contribution in [0.25, 0.3) is 11.4 Å². The lowest BCUT2D eigenvalue weighted by Gasteiger charge is -2.38. The largest absolute Gasteiger partial charge is 0.391 e. The lowest BCUT2D eigenvalue weighted by Crippen LogP contribution is -2.55. The standard InChI is InChI=1S/C22H24N8O2/c1-23-13-4-5-14-20-15(3-2-8-25-20)28-29-17-12-30(10-7-19(17)31)18-6-9-24-11-16(18)27-22(32)21(13)26-14/h2-6,8-9,11,17,19,23,28-29,31H,7,10,12H2,1H3,(H,27,32). The van der Waals surface area contributed by atoms with E-state index in [-0.39, 0.29) is 17.6 Å². The van der Waals surface area contributed by atoms with Gasteiger partial charge in [-0.25, -0.2) is 10.4 Å². The molecule has 3 aromatic rings. The van der Waals surface area contributed by atoms with Crippen molar-refractivity contribution in [2.75, 3.05) is 41.1 Å². The minimum atomic E-state index is -0.522. The van der Waals surface area contributed by atoms with Gasteiger partial charge >= 0.3 is 0 Å². The Hall–Kier alpha value is -3.76. The Morgan fingerprint density at radius 3 is 2.94 bits per heavy atom. The Bertz CT molecular complexity index is 1150. The minimum absolute atomic E-state index is 0.244. The molecule has 2 unspecified atom stereocenters. The molecular weight excluding hydrogens is 408 g/mol. The van der Waals surface area contributed by atoms with Crippen molar-refractivity contribution in [1.29, 1.82) is 0 Å². The number of anilines is 4. The second kappa shape index (κ2) is 8.40. The number of aliphatic hydroxyl groups is 1. The summed E-state index contributed by atoms with van der Waals surface area (Å²) in [6.45, 7) is 1.20. The maximum Gasteiger partial charge on any atom is 0.276 e. The number of aromatic nitrogens is 3. The van der Waals surface area contributed by atoms with E-state index in [9.17, 15) is 9.90 Å². The molecule has 5 rings (SSSR count). The van der Waals surface area contributed by atoms with E-state index in [1.54, 1.807) is 31.7 Å². The molecule has 5 heterocycles. The number of fused-ring (bicyclic) bond motifs is 8. The zero-order valence-corrected chi connectivity index (χ0v) is 17.5.